The third-order valence-corrected chi connectivity index (χ3v) is 3.13. The zero-order valence-electron chi connectivity index (χ0n) is 9.26. The molecule has 3 heterocycles. The van der Waals surface area contributed by atoms with Gasteiger partial charge in [-0.15, -0.1) is 0 Å². The molecule has 0 amide bonds. The summed E-state index contributed by atoms with van der Waals surface area (Å²) in [4.78, 5) is 6.66. The molecule has 0 radical (unpaired) electrons. The van der Waals surface area contributed by atoms with E-state index in [1.165, 1.54) is 11.2 Å². The molecule has 1 aliphatic rings. The van der Waals surface area contributed by atoms with Gasteiger partial charge in [-0.2, -0.15) is 0 Å². The minimum atomic E-state index is 1.01. The van der Waals surface area contributed by atoms with Gasteiger partial charge in [-0.1, -0.05) is 6.07 Å². The molecule has 0 saturated carbocycles. The van der Waals surface area contributed by atoms with E-state index in [1.807, 2.05) is 12.5 Å². The van der Waals surface area contributed by atoms with Crippen LogP contribution in [0.5, 0.6) is 0 Å². The third-order valence-electron chi connectivity index (χ3n) is 3.13. The first-order valence-electron chi connectivity index (χ1n) is 5.76. The van der Waals surface area contributed by atoms with Gasteiger partial charge in [0, 0.05) is 38.4 Å². The number of hydrogen-bond acceptors (Lipinski definition) is 3. The molecule has 0 spiro atoms. The first kappa shape index (κ1) is 9.81. The Morgan fingerprint density at radius 3 is 3.00 bits per heavy atom. The van der Waals surface area contributed by atoms with Crippen LogP contribution in [-0.4, -0.2) is 40.5 Å². The van der Waals surface area contributed by atoms with Crippen LogP contribution < -0.4 is 5.32 Å². The average Bonchev–Trinajstić information content (AvgIpc) is 2.80. The molecule has 84 valence electrons. The van der Waals surface area contributed by atoms with E-state index in [9.17, 15) is 0 Å². The fourth-order valence-corrected chi connectivity index (χ4v) is 2.23. The van der Waals surface area contributed by atoms with E-state index in [2.05, 4.69) is 37.8 Å². The summed E-state index contributed by atoms with van der Waals surface area (Å²) in [5.74, 6) is 0. The lowest BCUT2D eigenvalue weighted by Crippen LogP contribution is -2.43. The summed E-state index contributed by atoms with van der Waals surface area (Å²) in [5.41, 5.74) is 2.49. The maximum absolute atomic E-state index is 4.19. The Bertz CT molecular complexity index is 471. The van der Waals surface area contributed by atoms with Gasteiger partial charge in [-0.3, -0.25) is 4.90 Å². The lowest BCUT2D eigenvalue weighted by Gasteiger charge is -2.27. The van der Waals surface area contributed by atoms with Crippen molar-refractivity contribution in [2.75, 3.05) is 26.2 Å². The van der Waals surface area contributed by atoms with Crippen molar-refractivity contribution >= 4 is 5.52 Å². The van der Waals surface area contributed by atoms with Crippen molar-refractivity contribution in [1.82, 2.24) is 19.6 Å². The van der Waals surface area contributed by atoms with E-state index in [-0.39, 0.29) is 0 Å². The zero-order chi connectivity index (χ0) is 10.8. The standard InChI is InChI=1S/C12H16N4/c1-2-11-8-14-10-16(11)12(3-1)9-15-6-4-13-5-7-15/h1-3,8,10,13H,4-7,9H2. The number of pyridine rings is 1. The van der Waals surface area contributed by atoms with Gasteiger partial charge in [0.15, 0.2) is 0 Å². The summed E-state index contributed by atoms with van der Waals surface area (Å²) in [6.07, 6.45) is 3.80. The Morgan fingerprint density at radius 1 is 1.25 bits per heavy atom. The minimum absolute atomic E-state index is 1.01. The van der Waals surface area contributed by atoms with Crippen molar-refractivity contribution in [3.05, 3.63) is 36.4 Å². The topological polar surface area (TPSA) is 32.6 Å². The molecule has 0 aliphatic carbocycles. The van der Waals surface area contributed by atoms with Crippen molar-refractivity contribution in [2.24, 2.45) is 0 Å². The van der Waals surface area contributed by atoms with Crippen molar-refractivity contribution in [2.45, 2.75) is 6.54 Å². The van der Waals surface area contributed by atoms with E-state index < -0.39 is 0 Å². The maximum Gasteiger partial charge on any atom is 0.0994 e. The fraction of sp³-hybridized carbons (Fsp3) is 0.417. The molecule has 1 N–H and O–H groups in total. The first-order valence-corrected chi connectivity index (χ1v) is 5.76. The molecule has 4 nitrogen and oxygen atoms in total. The van der Waals surface area contributed by atoms with Crippen molar-refractivity contribution < 1.29 is 0 Å². The van der Waals surface area contributed by atoms with Gasteiger partial charge in [-0.05, 0) is 12.1 Å². The van der Waals surface area contributed by atoms with Crippen molar-refractivity contribution in [1.29, 1.82) is 0 Å². The molecule has 0 unspecified atom stereocenters. The zero-order valence-corrected chi connectivity index (χ0v) is 9.26. The maximum atomic E-state index is 4.19. The molecule has 0 aromatic carbocycles. The summed E-state index contributed by atoms with van der Waals surface area (Å²) >= 11 is 0. The lowest BCUT2D eigenvalue weighted by atomic mass is 10.3. The molecule has 16 heavy (non-hydrogen) atoms. The molecule has 2 aromatic heterocycles. The molecule has 3 rings (SSSR count). The summed E-state index contributed by atoms with van der Waals surface area (Å²) in [7, 11) is 0. The molecule has 1 saturated heterocycles. The van der Waals surface area contributed by atoms with Crippen LogP contribution in [0.25, 0.3) is 5.52 Å². The Hall–Kier alpha value is -1.39. The molecule has 1 aliphatic heterocycles. The van der Waals surface area contributed by atoms with Crippen LogP contribution in [0.1, 0.15) is 5.69 Å². The molecule has 4 heteroatoms. The molecular weight excluding hydrogens is 200 g/mol. The van der Waals surface area contributed by atoms with Crippen LogP contribution in [0.15, 0.2) is 30.7 Å². The quantitative estimate of drug-likeness (QED) is 0.803. The van der Waals surface area contributed by atoms with E-state index in [0.717, 1.165) is 32.7 Å². The van der Waals surface area contributed by atoms with Crippen molar-refractivity contribution in [3.63, 3.8) is 0 Å². The Labute approximate surface area is 94.9 Å². The largest absolute Gasteiger partial charge is 0.314 e. The number of fused-ring (bicyclic) bond motifs is 1. The SMILES string of the molecule is c1cc(CN2CCNCC2)n2cncc2c1. The minimum Gasteiger partial charge on any atom is -0.314 e. The Kier molecular flexibility index (Phi) is 2.60. The van der Waals surface area contributed by atoms with Crippen LogP contribution in [0.3, 0.4) is 0 Å². The lowest BCUT2D eigenvalue weighted by molar-refractivity contribution is 0.230. The summed E-state index contributed by atoms with van der Waals surface area (Å²) in [5, 5.41) is 3.37. The smallest absolute Gasteiger partial charge is 0.0994 e. The van der Waals surface area contributed by atoms with Gasteiger partial charge in [0.1, 0.15) is 0 Å². The van der Waals surface area contributed by atoms with Gasteiger partial charge in [0.2, 0.25) is 0 Å². The van der Waals surface area contributed by atoms with E-state index in [1.54, 1.807) is 0 Å². The highest BCUT2D eigenvalue weighted by Crippen LogP contribution is 2.09. The second-order valence-corrected chi connectivity index (χ2v) is 4.23. The predicted molar refractivity (Wildman–Crippen MR) is 63.3 cm³/mol. The number of aromatic nitrogens is 2. The fourth-order valence-electron chi connectivity index (χ4n) is 2.23. The van der Waals surface area contributed by atoms with Crippen LogP contribution >= 0.6 is 0 Å². The van der Waals surface area contributed by atoms with E-state index in [4.69, 9.17) is 0 Å². The van der Waals surface area contributed by atoms with Crippen LogP contribution in [0.2, 0.25) is 0 Å². The molecule has 2 aromatic rings. The number of hydrogen-bond donors (Lipinski definition) is 1. The van der Waals surface area contributed by atoms with Gasteiger partial charge in [0.05, 0.1) is 18.0 Å². The summed E-state index contributed by atoms with van der Waals surface area (Å²) < 4.78 is 2.17. The average molecular weight is 216 g/mol. The number of imidazole rings is 1. The first-order chi connectivity index (χ1) is 7.93. The van der Waals surface area contributed by atoms with Gasteiger partial charge >= 0.3 is 0 Å². The normalized spacial score (nSPS) is 18.0. The highest BCUT2D eigenvalue weighted by Gasteiger charge is 2.11. The highest BCUT2D eigenvalue weighted by atomic mass is 15.2. The highest BCUT2D eigenvalue weighted by molar-refractivity contribution is 5.45. The Balaban J connectivity index is 1.85. The Morgan fingerprint density at radius 2 is 2.12 bits per heavy atom. The van der Waals surface area contributed by atoms with Gasteiger partial charge in [0.25, 0.3) is 0 Å². The number of nitrogens with zero attached hydrogens (tertiary/aromatic N) is 3. The molecular formula is C12H16N4. The third kappa shape index (κ3) is 1.81. The van der Waals surface area contributed by atoms with Gasteiger partial charge < -0.3 is 9.72 Å². The monoisotopic (exact) mass is 216 g/mol. The van der Waals surface area contributed by atoms with E-state index >= 15 is 0 Å². The molecule has 0 bridgehead atoms. The van der Waals surface area contributed by atoms with E-state index in [0.29, 0.717) is 0 Å². The second kappa shape index (κ2) is 4.23. The molecule has 1 fully saturated rings. The number of rotatable bonds is 2. The van der Waals surface area contributed by atoms with Crippen LogP contribution in [0.4, 0.5) is 0 Å². The molecule has 0 atom stereocenters. The summed E-state index contributed by atoms with van der Waals surface area (Å²) in [6, 6.07) is 6.37. The number of nitrogens with one attached hydrogen (secondary N) is 1. The second-order valence-electron chi connectivity index (χ2n) is 4.23. The predicted octanol–water partition coefficient (Wildman–Crippen LogP) is 0.739. The van der Waals surface area contributed by atoms with Crippen LogP contribution in [-0.2, 0) is 6.54 Å². The van der Waals surface area contributed by atoms with Crippen LogP contribution in [0, 0.1) is 0 Å². The van der Waals surface area contributed by atoms with Gasteiger partial charge in [-0.25, -0.2) is 4.98 Å². The number of piperazine rings is 1. The van der Waals surface area contributed by atoms with Crippen molar-refractivity contribution in [3.8, 4) is 0 Å². The summed E-state index contributed by atoms with van der Waals surface area (Å²) in [6.45, 7) is 5.46.